The van der Waals surface area contributed by atoms with Gasteiger partial charge in [-0.1, -0.05) is 30.2 Å². The fourth-order valence-corrected chi connectivity index (χ4v) is 4.26. The number of hydrogen-bond donors (Lipinski definition) is 0. The van der Waals surface area contributed by atoms with Gasteiger partial charge in [-0.2, -0.15) is 0 Å². The molecule has 2 aliphatic heterocycles. The van der Waals surface area contributed by atoms with Crippen molar-refractivity contribution >= 4 is 17.2 Å². The minimum atomic E-state index is -0.227. The zero-order chi connectivity index (χ0) is 18.6. The highest BCUT2D eigenvalue weighted by Crippen LogP contribution is 2.26. The summed E-state index contributed by atoms with van der Waals surface area (Å²) in [4.78, 5) is 2.43. The van der Waals surface area contributed by atoms with E-state index in [0.717, 1.165) is 69.1 Å². The molecule has 2 aromatic rings. The van der Waals surface area contributed by atoms with E-state index < -0.39 is 0 Å². The molecule has 4 nitrogen and oxygen atoms in total. The van der Waals surface area contributed by atoms with E-state index in [1.165, 1.54) is 25.3 Å². The SMILES string of the molecule is Fc1cc(Cl)ccc1C1=CCN(CCCc2nnc3n2CCCCC3)CC1. The molecule has 0 bridgehead atoms. The van der Waals surface area contributed by atoms with E-state index in [0.29, 0.717) is 10.6 Å². The lowest BCUT2D eigenvalue weighted by Crippen LogP contribution is -2.30. The standard InChI is InChI=1S/C21H26ClFN4/c22-17-7-8-18(19(23)15-17)16-9-13-26(14-10-16)11-4-6-21-25-24-20-5-2-1-3-12-27(20)21/h7-9,15H,1-6,10-14H2. The van der Waals surface area contributed by atoms with Gasteiger partial charge in [-0.25, -0.2) is 4.39 Å². The molecule has 0 saturated heterocycles. The van der Waals surface area contributed by atoms with Crippen LogP contribution < -0.4 is 0 Å². The Hall–Kier alpha value is -1.72. The largest absolute Gasteiger partial charge is 0.315 e. The van der Waals surface area contributed by atoms with Crippen molar-refractivity contribution in [1.29, 1.82) is 0 Å². The highest BCUT2D eigenvalue weighted by molar-refractivity contribution is 6.30. The van der Waals surface area contributed by atoms with E-state index in [4.69, 9.17) is 11.6 Å². The third-order valence-corrected chi connectivity index (χ3v) is 5.87. The van der Waals surface area contributed by atoms with Crippen LogP contribution >= 0.6 is 11.6 Å². The molecule has 0 amide bonds. The van der Waals surface area contributed by atoms with Crippen LogP contribution in [-0.4, -0.2) is 39.3 Å². The zero-order valence-electron chi connectivity index (χ0n) is 15.6. The van der Waals surface area contributed by atoms with Crippen LogP contribution in [0.1, 0.15) is 49.3 Å². The van der Waals surface area contributed by atoms with Gasteiger partial charge in [-0.15, -0.1) is 10.2 Å². The predicted molar refractivity (Wildman–Crippen MR) is 106 cm³/mol. The quantitative estimate of drug-likeness (QED) is 0.755. The number of fused-ring (bicyclic) bond motifs is 1. The first-order valence-electron chi connectivity index (χ1n) is 9.98. The minimum Gasteiger partial charge on any atom is -0.315 e. The molecule has 144 valence electrons. The molecular formula is C21H26ClFN4. The Labute approximate surface area is 165 Å². The highest BCUT2D eigenvalue weighted by atomic mass is 35.5. The van der Waals surface area contributed by atoms with Gasteiger partial charge in [0.25, 0.3) is 0 Å². The number of benzene rings is 1. The Kier molecular flexibility index (Phi) is 5.89. The monoisotopic (exact) mass is 388 g/mol. The van der Waals surface area contributed by atoms with E-state index in [2.05, 4.69) is 25.7 Å². The molecule has 0 fully saturated rings. The maximum atomic E-state index is 14.1. The first-order valence-corrected chi connectivity index (χ1v) is 10.4. The number of rotatable bonds is 5. The molecule has 0 atom stereocenters. The normalized spacial score (nSPS) is 18.1. The molecule has 2 aliphatic rings. The zero-order valence-corrected chi connectivity index (χ0v) is 16.4. The summed E-state index contributed by atoms with van der Waals surface area (Å²) in [5.41, 5.74) is 1.77. The number of aryl methyl sites for hydroxylation is 2. The van der Waals surface area contributed by atoms with Gasteiger partial charge < -0.3 is 4.57 Å². The Morgan fingerprint density at radius 3 is 2.81 bits per heavy atom. The summed E-state index contributed by atoms with van der Waals surface area (Å²) in [6.45, 7) is 3.94. The van der Waals surface area contributed by atoms with Gasteiger partial charge in [-0.05, 0) is 49.9 Å². The van der Waals surface area contributed by atoms with Gasteiger partial charge in [0, 0.05) is 43.1 Å². The lowest BCUT2D eigenvalue weighted by atomic mass is 9.99. The van der Waals surface area contributed by atoms with Gasteiger partial charge in [0.2, 0.25) is 0 Å². The number of hydrogen-bond acceptors (Lipinski definition) is 3. The topological polar surface area (TPSA) is 34.0 Å². The van der Waals surface area contributed by atoms with Gasteiger partial charge in [-0.3, -0.25) is 4.90 Å². The summed E-state index contributed by atoms with van der Waals surface area (Å²) < 4.78 is 16.4. The third-order valence-electron chi connectivity index (χ3n) is 5.63. The third kappa shape index (κ3) is 4.41. The van der Waals surface area contributed by atoms with Crippen molar-refractivity contribution in [2.24, 2.45) is 0 Å². The average Bonchev–Trinajstić information content (AvgIpc) is 2.89. The summed E-state index contributed by atoms with van der Waals surface area (Å²) in [5, 5.41) is 9.25. The summed E-state index contributed by atoms with van der Waals surface area (Å²) in [5.74, 6) is 2.08. The Morgan fingerprint density at radius 2 is 2.00 bits per heavy atom. The average molecular weight is 389 g/mol. The van der Waals surface area contributed by atoms with Crippen LogP contribution in [0.5, 0.6) is 0 Å². The molecule has 3 heterocycles. The summed E-state index contributed by atoms with van der Waals surface area (Å²) in [6.07, 6.45) is 9.90. The van der Waals surface area contributed by atoms with Gasteiger partial charge in [0.1, 0.15) is 17.5 Å². The van der Waals surface area contributed by atoms with Crippen molar-refractivity contribution in [2.45, 2.75) is 51.5 Å². The van der Waals surface area contributed by atoms with Gasteiger partial charge >= 0.3 is 0 Å². The highest BCUT2D eigenvalue weighted by Gasteiger charge is 2.17. The van der Waals surface area contributed by atoms with Crippen molar-refractivity contribution in [2.75, 3.05) is 19.6 Å². The number of aromatic nitrogens is 3. The fraction of sp³-hybridized carbons (Fsp3) is 0.524. The minimum absolute atomic E-state index is 0.227. The molecule has 0 unspecified atom stereocenters. The second-order valence-corrected chi connectivity index (χ2v) is 7.94. The molecular weight excluding hydrogens is 363 g/mol. The van der Waals surface area contributed by atoms with E-state index in [1.54, 1.807) is 12.1 Å². The molecule has 6 heteroatoms. The fourth-order valence-electron chi connectivity index (χ4n) is 4.10. The molecule has 0 spiro atoms. The van der Waals surface area contributed by atoms with Crippen LogP contribution in [0.3, 0.4) is 0 Å². The maximum Gasteiger partial charge on any atom is 0.133 e. The Morgan fingerprint density at radius 1 is 1.07 bits per heavy atom. The van der Waals surface area contributed by atoms with Gasteiger partial charge in [0.05, 0.1) is 0 Å². The summed E-state index contributed by atoms with van der Waals surface area (Å²) >= 11 is 5.85. The van der Waals surface area contributed by atoms with Crippen molar-refractivity contribution < 1.29 is 4.39 Å². The molecule has 0 saturated carbocycles. The second kappa shape index (κ2) is 8.53. The molecule has 0 aliphatic carbocycles. The van der Waals surface area contributed by atoms with Crippen molar-refractivity contribution in [3.8, 4) is 0 Å². The van der Waals surface area contributed by atoms with Crippen LogP contribution in [0, 0.1) is 5.82 Å². The van der Waals surface area contributed by atoms with E-state index >= 15 is 0 Å². The van der Waals surface area contributed by atoms with Crippen LogP contribution in [0.15, 0.2) is 24.3 Å². The molecule has 0 radical (unpaired) electrons. The molecule has 4 rings (SSSR count). The Balaban J connectivity index is 1.30. The Bertz CT molecular complexity index is 830. The maximum absolute atomic E-state index is 14.1. The molecule has 0 N–H and O–H groups in total. The van der Waals surface area contributed by atoms with Crippen LogP contribution in [0.2, 0.25) is 5.02 Å². The van der Waals surface area contributed by atoms with E-state index in [-0.39, 0.29) is 5.82 Å². The molecule has 27 heavy (non-hydrogen) atoms. The smallest absolute Gasteiger partial charge is 0.133 e. The van der Waals surface area contributed by atoms with E-state index in [1.807, 2.05) is 0 Å². The first-order chi connectivity index (χ1) is 13.2. The number of nitrogens with zero attached hydrogens (tertiary/aromatic N) is 4. The van der Waals surface area contributed by atoms with Crippen LogP contribution in [-0.2, 0) is 19.4 Å². The van der Waals surface area contributed by atoms with Crippen LogP contribution in [0.25, 0.3) is 5.57 Å². The van der Waals surface area contributed by atoms with Gasteiger partial charge in [0.15, 0.2) is 0 Å². The first kappa shape index (κ1) is 18.6. The summed E-state index contributed by atoms with van der Waals surface area (Å²) in [7, 11) is 0. The second-order valence-electron chi connectivity index (χ2n) is 7.50. The predicted octanol–water partition coefficient (Wildman–Crippen LogP) is 4.52. The molecule has 1 aromatic carbocycles. The van der Waals surface area contributed by atoms with Crippen molar-refractivity contribution in [3.63, 3.8) is 0 Å². The number of halogens is 2. The van der Waals surface area contributed by atoms with E-state index in [9.17, 15) is 4.39 Å². The van der Waals surface area contributed by atoms with Crippen molar-refractivity contribution in [1.82, 2.24) is 19.7 Å². The van der Waals surface area contributed by atoms with Crippen LogP contribution in [0.4, 0.5) is 4.39 Å². The lowest BCUT2D eigenvalue weighted by molar-refractivity contribution is 0.296. The lowest BCUT2D eigenvalue weighted by Gasteiger charge is -2.26. The summed E-state index contributed by atoms with van der Waals surface area (Å²) in [6, 6.07) is 4.94. The molecule has 1 aromatic heterocycles. The van der Waals surface area contributed by atoms with Crippen molar-refractivity contribution in [3.05, 3.63) is 52.3 Å².